The third-order valence-electron chi connectivity index (χ3n) is 6.18. The van der Waals surface area contributed by atoms with Gasteiger partial charge in [0.25, 0.3) is 5.91 Å². The van der Waals surface area contributed by atoms with Gasteiger partial charge in [-0.05, 0) is 80.7 Å². The SMILES string of the molecule is CCCCCNC(=O)c1ccc(/C(F)=C(C)/C=C/C2=C(C)CCCC2(C)C)c(C)c1. The number of carbonyl (C=O) groups is 1. The van der Waals surface area contributed by atoms with Gasteiger partial charge in [-0.2, -0.15) is 0 Å². The van der Waals surface area contributed by atoms with Crippen molar-refractivity contribution in [3.05, 3.63) is 63.8 Å². The second kappa shape index (κ2) is 10.7. The molecule has 1 N–H and O–H groups in total. The van der Waals surface area contributed by atoms with E-state index >= 15 is 4.39 Å². The molecule has 1 aliphatic rings. The van der Waals surface area contributed by atoms with E-state index in [1.807, 2.05) is 19.9 Å². The lowest BCUT2D eigenvalue weighted by Gasteiger charge is -2.33. The van der Waals surface area contributed by atoms with Gasteiger partial charge in [-0.1, -0.05) is 57.4 Å². The molecule has 164 valence electrons. The van der Waals surface area contributed by atoms with Crippen molar-refractivity contribution in [1.82, 2.24) is 5.32 Å². The van der Waals surface area contributed by atoms with Crippen molar-refractivity contribution in [2.75, 3.05) is 6.54 Å². The highest BCUT2D eigenvalue weighted by atomic mass is 19.1. The van der Waals surface area contributed by atoms with Gasteiger partial charge in [0.15, 0.2) is 0 Å². The molecule has 1 amide bonds. The summed E-state index contributed by atoms with van der Waals surface area (Å²) in [6.07, 6.45) is 10.7. The Labute approximate surface area is 182 Å². The predicted molar refractivity (Wildman–Crippen MR) is 126 cm³/mol. The lowest BCUT2D eigenvalue weighted by atomic mass is 9.72. The van der Waals surface area contributed by atoms with Gasteiger partial charge in [0, 0.05) is 17.7 Å². The van der Waals surface area contributed by atoms with E-state index in [-0.39, 0.29) is 17.1 Å². The summed E-state index contributed by atoms with van der Waals surface area (Å²) in [5.74, 6) is -0.325. The molecule has 0 radical (unpaired) electrons. The molecule has 1 aliphatic carbocycles. The molecule has 3 heteroatoms. The van der Waals surface area contributed by atoms with Crippen molar-refractivity contribution in [3.8, 4) is 0 Å². The van der Waals surface area contributed by atoms with E-state index in [1.54, 1.807) is 18.2 Å². The van der Waals surface area contributed by atoms with Crippen molar-refractivity contribution in [2.24, 2.45) is 5.41 Å². The van der Waals surface area contributed by atoms with Crippen LogP contribution in [0.1, 0.15) is 94.6 Å². The summed E-state index contributed by atoms with van der Waals surface area (Å²) in [6, 6.07) is 5.21. The van der Waals surface area contributed by atoms with Crippen LogP contribution in [0.3, 0.4) is 0 Å². The molecule has 0 aliphatic heterocycles. The normalized spacial score (nSPS) is 17.3. The highest BCUT2D eigenvalue weighted by Gasteiger charge is 2.26. The number of hydrogen-bond donors (Lipinski definition) is 1. The molecule has 0 unspecified atom stereocenters. The Morgan fingerprint density at radius 3 is 2.60 bits per heavy atom. The number of allylic oxidation sites excluding steroid dienone is 5. The van der Waals surface area contributed by atoms with Crippen LogP contribution in [0.5, 0.6) is 0 Å². The first-order chi connectivity index (χ1) is 14.2. The molecule has 0 aromatic heterocycles. The minimum Gasteiger partial charge on any atom is -0.352 e. The molecule has 1 aromatic carbocycles. The monoisotopic (exact) mass is 411 g/mol. The number of rotatable bonds is 8. The smallest absolute Gasteiger partial charge is 0.251 e. The Kier molecular flexibility index (Phi) is 8.64. The highest BCUT2D eigenvalue weighted by molar-refractivity contribution is 5.94. The van der Waals surface area contributed by atoms with Gasteiger partial charge in [-0.3, -0.25) is 4.79 Å². The molecule has 30 heavy (non-hydrogen) atoms. The molecule has 2 nitrogen and oxygen atoms in total. The zero-order valence-corrected chi connectivity index (χ0v) is 19.6. The molecular weight excluding hydrogens is 373 g/mol. The van der Waals surface area contributed by atoms with Crippen LogP contribution in [0.25, 0.3) is 5.83 Å². The van der Waals surface area contributed by atoms with Gasteiger partial charge in [0.1, 0.15) is 5.83 Å². The third kappa shape index (κ3) is 6.17. The molecule has 0 saturated heterocycles. The van der Waals surface area contributed by atoms with Crippen molar-refractivity contribution < 1.29 is 9.18 Å². The number of nitrogens with one attached hydrogen (secondary N) is 1. The number of aryl methyl sites for hydroxylation is 1. The fraction of sp³-hybridized carbons (Fsp3) is 0.519. The standard InChI is InChI=1S/C27H38FNO/c1-7-8-9-17-29-26(30)22-13-14-23(21(4)18-22)25(28)20(3)12-15-24-19(2)11-10-16-27(24,5)6/h12-15,18H,7-11,16-17H2,1-6H3,(H,29,30)/b15-12+,25-20-. The molecular formula is C27H38FNO. The first-order valence-electron chi connectivity index (χ1n) is 11.3. The molecule has 0 bridgehead atoms. The number of hydrogen-bond acceptors (Lipinski definition) is 1. The van der Waals surface area contributed by atoms with Crippen LogP contribution in [-0.2, 0) is 0 Å². The Bertz CT molecular complexity index is 858. The van der Waals surface area contributed by atoms with E-state index in [1.165, 1.54) is 17.6 Å². The zero-order chi connectivity index (χ0) is 22.3. The average molecular weight is 412 g/mol. The first-order valence-corrected chi connectivity index (χ1v) is 11.3. The molecule has 0 heterocycles. The van der Waals surface area contributed by atoms with E-state index in [4.69, 9.17) is 0 Å². The number of halogens is 1. The van der Waals surface area contributed by atoms with Gasteiger partial charge in [-0.25, -0.2) is 4.39 Å². The molecule has 0 spiro atoms. The lowest BCUT2D eigenvalue weighted by Crippen LogP contribution is -2.24. The van der Waals surface area contributed by atoms with Crippen LogP contribution in [0.15, 0.2) is 47.1 Å². The van der Waals surface area contributed by atoms with E-state index in [9.17, 15) is 4.79 Å². The summed E-state index contributed by atoms with van der Waals surface area (Å²) in [4.78, 5) is 12.3. The van der Waals surface area contributed by atoms with Crippen LogP contribution in [-0.4, -0.2) is 12.5 Å². The lowest BCUT2D eigenvalue weighted by molar-refractivity contribution is 0.0953. The molecule has 0 atom stereocenters. The Hall–Kier alpha value is -2.16. The third-order valence-corrected chi connectivity index (χ3v) is 6.18. The molecule has 1 aromatic rings. The Morgan fingerprint density at radius 1 is 1.23 bits per heavy atom. The van der Waals surface area contributed by atoms with Gasteiger partial charge in [-0.15, -0.1) is 0 Å². The fourth-order valence-electron chi connectivity index (χ4n) is 4.23. The number of amides is 1. The summed E-state index contributed by atoms with van der Waals surface area (Å²) < 4.78 is 15.2. The van der Waals surface area contributed by atoms with Gasteiger partial charge in [0.05, 0.1) is 0 Å². The van der Waals surface area contributed by atoms with Crippen LogP contribution < -0.4 is 5.32 Å². The van der Waals surface area contributed by atoms with E-state index in [0.29, 0.717) is 23.2 Å². The second-order valence-corrected chi connectivity index (χ2v) is 9.25. The van der Waals surface area contributed by atoms with Crippen LogP contribution in [0, 0.1) is 12.3 Å². The van der Waals surface area contributed by atoms with E-state index in [2.05, 4.69) is 39.1 Å². The summed E-state index contributed by atoms with van der Waals surface area (Å²) >= 11 is 0. The largest absolute Gasteiger partial charge is 0.352 e. The van der Waals surface area contributed by atoms with Gasteiger partial charge >= 0.3 is 0 Å². The summed E-state index contributed by atoms with van der Waals surface area (Å²) in [7, 11) is 0. The van der Waals surface area contributed by atoms with Crippen LogP contribution >= 0.6 is 0 Å². The number of unbranched alkanes of at least 4 members (excludes halogenated alkanes) is 2. The Morgan fingerprint density at radius 2 is 1.97 bits per heavy atom. The highest BCUT2D eigenvalue weighted by Crippen LogP contribution is 2.41. The van der Waals surface area contributed by atoms with Crippen LogP contribution in [0.2, 0.25) is 0 Å². The molecule has 0 fully saturated rings. The maximum absolute atomic E-state index is 15.2. The summed E-state index contributed by atoms with van der Waals surface area (Å²) in [6.45, 7) is 13.2. The quantitative estimate of drug-likeness (QED) is 0.344. The van der Waals surface area contributed by atoms with Crippen molar-refractivity contribution in [3.63, 3.8) is 0 Å². The topological polar surface area (TPSA) is 29.1 Å². The molecule has 2 rings (SSSR count). The van der Waals surface area contributed by atoms with Gasteiger partial charge in [0.2, 0.25) is 0 Å². The fourth-order valence-corrected chi connectivity index (χ4v) is 4.23. The maximum atomic E-state index is 15.2. The van der Waals surface area contributed by atoms with Gasteiger partial charge < -0.3 is 5.32 Å². The zero-order valence-electron chi connectivity index (χ0n) is 19.6. The first kappa shape index (κ1) is 24.1. The van der Waals surface area contributed by atoms with Crippen molar-refractivity contribution in [1.29, 1.82) is 0 Å². The maximum Gasteiger partial charge on any atom is 0.251 e. The minimum atomic E-state index is -0.231. The Balaban J connectivity index is 2.18. The van der Waals surface area contributed by atoms with Crippen molar-refractivity contribution in [2.45, 2.75) is 80.1 Å². The predicted octanol–water partition coefficient (Wildman–Crippen LogP) is 7.70. The number of benzene rings is 1. The number of carbonyl (C=O) groups excluding carboxylic acids is 1. The summed E-state index contributed by atoms with van der Waals surface area (Å²) in [5.41, 5.74) is 5.38. The van der Waals surface area contributed by atoms with Crippen molar-refractivity contribution >= 4 is 11.7 Å². The van der Waals surface area contributed by atoms with E-state index < -0.39 is 0 Å². The van der Waals surface area contributed by atoms with Crippen LogP contribution in [0.4, 0.5) is 4.39 Å². The summed E-state index contributed by atoms with van der Waals surface area (Å²) in [5, 5.41) is 2.94. The molecule has 0 saturated carbocycles. The van der Waals surface area contributed by atoms with E-state index in [0.717, 1.165) is 37.7 Å². The average Bonchev–Trinajstić information content (AvgIpc) is 2.69. The minimum absolute atomic E-state index is 0.0938. The second-order valence-electron chi connectivity index (χ2n) is 9.25.